The summed E-state index contributed by atoms with van der Waals surface area (Å²) in [6, 6.07) is 7.70. The smallest absolute Gasteiger partial charge is 0.270 e. The summed E-state index contributed by atoms with van der Waals surface area (Å²) in [5.74, 6) is 1.59. The lowest BCUT2D eigenvalue weighted by atomic mass is 9.69. The van der Waals surface area contributed by atoms with Gasteiger partial charge in [-0.25, -0.2) is 0 Å². The van der Waals surface area contributed by atoms with Crippen molar-refractivity contribution in [1.29, 1.82) is 0 Å². The zero-order chi connectivity index (χ0) is 30.1. The predicted octanol–water partition coefficient (Wildman–Crippen LogP) is 6.40. The van der Waals surface area contributed by atoms with Crippen LogP contribution in [-0.4, -0.2) is 48.7 Å². The molecule has 2 fully saturated rings. The van der Waals surface area contributed by atoms with Crippen LogP contribution in [0.4, 0.5) is 0 Å². The van der Waals surface area contributed by atoms with Gasteiger partial charge in [-0.1, -0.05) is 78.2 Å². The molecule has 0 saturated heterocycles. The van der Waals surface area contributed by atoms with E-state index in [2.05, 4.69) is 72.4 Å². The molecule has 1 aromatic heterocycles. The summed E-state index contributed by atoms with van der Waals surface area (Å²) in [7, 11) is 0. The van der Waals surface area contributed by atoms with Gasteiger partial charge in [0, 0.05) is 5.56 Å². The molecule has 1 atom stereocenters. The topological polar surface area (TPSA) is 116 Å². The zero-order valence-corrected chi connectivity index (χ0v) is 26.4. The number of tetrazole rings is 1. The summed E-state index contributed by atoms with van der Waals surface area (Å²) in [5.41, 5.74) is 2.34. The lowest BCUT2D eigenvalue weighted by Gasteiger charge is -2.48. The van der Waals surface area contributed by atoms with Crippen molar-refractivity contribution < 1.29 is 9.59 Å². The summed E-state index contributed by atoms with van der Waals surface area (Å²) < 4.78 is 0. The molecule has 228 valence electrons. The van der Waals surface area contributed by atoms with E-state index in [1.54, 1.807) is 0 Å². The van der Waals surface area contributed by atoms with Gasteiger partial charge in [0.15, 0.2) is 5.82 Å². The summed E-state index contributed by atoms with van der Waals surface area (Å²) in [4.78, 5) is 34.8. The van der Waals surface area contributed by atoms with Gasteiger partial charge in [0.1, 0.15) is 11.4 Å². The van der Waals surface area contributed by atoms with Gasteiger partial charge >= 0.3 is 0 Å². The van der Waals surface area contributed by atoms with Gasteiger partial charge in [0.2, 0.25) is 0 Å². The molecule has 9 nitrogen and oxygen atoms in total. The SMILES string of the molecule is CC(C)(C)CC[C@H](c1ccc(C(=O)NCc2nn[nH]n2)cc1)N1C(=O)C(CC2CCC2)=NC12CCC(C(C)(C)C)CC2. The first-order valence-corrected chi connectivity index (χ1v) is 15.9. The molecule has 0 unspecified atom stereocenters. The maximum Gasteiger partial charge on any atom is 0.270 e. The molecular weight excluding hydrogens is 526 g/mol. The van der Waals surface area contributed by atoms with E-state index in [0.29, 0.717) is 23.2 Å². The fraction of sp³-hybridized carbons (Fsp3) is 0.697. The Morgan fingerprint density at radius 3 is 2.31 bits per heavy atom. The second kappa shape index (κ2) is 11.9. The number of aromatic amines is 1. The molecule has 0 radical (unpaired) electrons. The minimum Gasteiger partial charge on any atom is -0.345 e. The highest BCUT2D eigenvalue weighted by Gasteiger charge is 2.52. The third kappa shape index (κ3) is 6.76. The molecular formula is C33H49N7O2. The minimum atomic E-state index is -0.471. The third-order valence-electron chi connectivity index (χ3n) is 9.81. The van der Waals surface area contributed by atoms with E-state index in [4.69, 9.17) is 4.99 Å². The van der Waals surface area contributed by atoms with Gasteiger partial charge in [0.25, 0.3) is 11.8 Å². The molecule has 3 aliphatic rings. The maximum atomic E-state index is 14.4. The van der Waals surface area contributed by atoms with Crippen molar-refractivity contribution in [2.24, 2.45) is 27.7 Å². The van der Waals surface area contributed by atoms with Gasteiger partial charge in [-0.2, -0.15) is 5.21 Å². The summed E-state index contributed by atoms with van der Waals surface area (Å²) in [5, 5.41) is 16.6. The Morgan fingerprint density at radius 2 is 1.76 bits per heavy atom. The molecule has 1 spiro atoms. The Labute approximate surface area is 250 Å². The number of carbonyl (C=O) groups is 2. The van der Waals surface area contributed by atoms with Crippen LogP contribution >= 0.6 is 0 Å². The molecule has 0 bridgehead atoms. The van der Waals surface area contributed by atoms with Crippen LogP contribution in [0.15, 0.2) is 29.3 Å². The molecule has 2 aromatic rings. The van der Waals surface area contributed by atoms with Crippen molar-refractivity contribution in [3.05, 3.63) is 41.2 Å². The number of carbonyl (C=O) groups excluding carboxylic acids is 2. The van der Waals surface area contributed by atoms with Crippen molar-refractivity contribution in [2.75, 3.05) is 0 Å². The highest BCUT2D eigenvalue weighted by Crippen LogP contribution is 2.50. The van der Waals surface area contributed by atoms with Gasteiger partial charge in [0.05, 0.1) is 12.6 Å². The van der Waals surface area contributed by atoms with Crippen molar-refractivity contribution in [3.63, 3.8) is 0 Å². The Hall–Kier alpha value is -3.10. The van der Waals surface area contributed by atoms with Crippen LogP contribution in [0.25, 0.3) is 0 Å². The highest BCUT2D eigenvalue weighted by molar-refractivity contribution is 6.40. The van der Waals surface area contributed by atoms with E-state index >= 15 is 0 Å². The van der Waals surface area contributed by atoms with Crippen LogP contribution in [0.3, 0.4) is 0 Å². The number of rotatable bonds is 9. The third-order valence-corrected chi connectivity index (χ3v) is 9.81. The van der Waals surface area contributed by atoms with E-state index in [-0.39, 0.29) is 35.2 Å². The minimum absolute atomic E-state index is 0.0954. The first-order chi connectivity index (χ1) is 19.8. The normalized spacial score (nSPS) is 24.0. The Kier molecular flexibility index (Phi) is 8.59. The first kappa shape index (κ1) is 30.4. The standard InChI is InChI=1S/C33H49N7O2/c1-31(2,3)17-16-27(23-10-12-24(13-11-23)29(41)34-21-28-36-38-39-37-28)40-30(42)26(20-22-8-7-9-22)35-33(40)18-14-25(15-19-33)32(4,5)6/h10-13,22,25,27H,7-9,14-21H2,1-6H3,(H,34,41)(H,36,37,38,39)/t25?,27-,33?/m1/s1. The van der Waals surface area contributed by atoms with Gasteiger partial charge in [-0.05, 0) is 85.3 Å². The number of nitrogens with one attached hydrogen (secondary N) is 2. The molecule has 1 aromatic carbocycles. The summed E-state index contributed by atoms with van der Waals surface area (Å²) in [6.07, 6.45) is 10.3. The summed E-state index contributed by atoms with van der Waals surface area (Å²) >= 11 is 0. The Morgan fingerprint density at radius 1 is 1.07 bits per heavy atom. The number of aliphatic imine (C=N–C) groups is 1. The number of H-pyrrole nitrogens is 1. The highest BCUT2D eigenvalue weighted by atomic mass is 16.2. The number of hydrogen-bond donors (Lipinski definition) is 2. The van der Waals surface area contributed by atoms with Crippen LogP contribution in [-0.2, 0) is 11.3 Å². The Bertz CT molecular complexity index is 1260. The lowest BCUT2D eigenvalue weighted by Crippen LogP contribution is -2.51. The molecule has 9 heteroatoms. The molecule has 5 rings (SSSR count). The van der Waals surface area contributed by atoms with E-state index in [0.717, 1.165) is 56.2 Å². The number of benzene rings is 1. The molecule has 2 heterocycles. The van der Waals surface area contributed by atoms with Crippen LogP contribution < -0.4 is 5.32 Å². The van der Waals surface area contributed by atoms with Crippen LogP contribution in [0, 0.1) is 22.7 Å². The largest absolute Gasteiger partial charge is 0.345 e. The number of amides is 2. The average Bonchev–Trinajstić information content (AvgIpc) is 3.52. The molecule has 2 amide bonds. The van der Waals surface area contributed by atoms with Crippen LogP contribution in [0.1, 0.15) is 134 Å². The van der Waals surface area contributed by atoms with E-state index < -0.39 is 5.66 Å². The molecule has 42 heavy (non-hydrogen) atoms. The van der Waals surface area contributed by atoms with E-state index in [9.17, 15) is 9.59 Å². The maximum absolute atomic E-state index is 14.4. The van der Waals surface area contributed by atoms with Crippen LogP contribution in [0.5, 0.6) is 0 Å². The van der Waals surface area contributed by atoms with Crippen molar-refractivity contribution >= 4 is 17.5 Å². The monoisotopic (exact) mass is 575 g/mol. The first-order valence-electron chi connectivity index (χ1n) is 15.9. The van der Waals surface area contributed by atoms with Crippen molar-refractivity contribution in [1.82, 2.24) is 30.8 Å². The molecule has 2 N–H and O–H groups in total. The number of nitrogens with zero attached hydrogens (tertiary/aromatic N) is 5. The molecule has 1 aliphatic heterocycles. The second-order valence-electron chi connectivity index (χ2n) is 15.1. The lowest BCUT2D eigenvalue weighted by molar-refractivity contribution is -0.134. The van der Waals surface area contributed by atoms with Gasteiger partial charge in [-0.3, -0.25) is 14.6 Å². The fourth-order valence-corrected chi connectivity index (χ4v) is 6.90. The quantitative estimate of drug-likeness (QED) is 0.359. The van der Waals surface area contributed by atoms with Crippen LogP contribution in [0.2, 0.25) is 0 Å². The van der Waals surface area contributed by atoms with E-state index in [1.165, 1.54) is 19.3 Å². The Balaban J connectivity index is 1.43. The van der Waals surface area contributed by atoms with Crippen molar-refractivity contribution in [2.45, 2.75) is 124 Å². The van der Waals surface area contributed by atoms with Gasteiger partial charge in [-0.15, -0.1) is 10.2 Å². The summed E-state index contributed by atoms with van der Waals surface area (Å²) in [6.45, 7) is 14.0. The van der Waals surface area contributed by atoms with Crippen molar-refractivity contribution in [3.8, 4) is 0 Å². The zero-order valence-electron chi connectivity index (χ0n) is 26.4. The number of hydrogen-bond acceptors (Lipinski definition) is 6. The van der Waals surface area contributed by atoms with E-state index in [1.807, 2.05) is 24.3 Å². The average molecular weight is 576 g/mol. The molecule has 2 aliphatic carbocycles. The number of aromatic nitrogens is 4. The molecule has 2 saturated carbocycles. The fourth-order valence-electron chi connectivity index (χ4n) is 6.90. The predicted molar refractivity (Wildman–Crippen MR) is 164 cm³/mol. The second-order valence-corrected chi connectivity index (χ2v) is 15.1. The van der Waals surface area contributed by atoms with Gasteiger partial charge < -0.3 is 10.2 Å².